The van der Waals surface area contributed by atoms with E-state index in [0.717, 1.165) is 5.56 Å². The molecule has 0 fully saturated rings. The van der Waals surface area contributed by atoms with E-state index in [0.29, 0.717) is 18.5 Å². The number of hydrogen-bond donors (Lipinski definition) is 2. The molecule has 0 aliphatic rings. The van der Waals surface area contributed by atoms with Gasteiger partial charge in [0.25, 0.3) is 5.56 Å². The molecule has 0 aliphatic carbocycles. The standard InChI is InChI=1S/C13H15N3O2/c14-9-11-8-12(17)15-16(11)13(18)7-6-10-4-2-1-3-5-10/h1-5,8H,6-7,9,14H2,(H,15,17). The number of hydrogen-bond acceptors (Lipinski definition) is 3. The van der Waals surface area contributed by atoms with Gasteiger partial charge in [0.2, 0.25) is 5.91 Å². The minimum absolute atomic E-state index is 0.151. The molecule has 0 amide bonds. The molecule has 5 nitrogen and oxygen atoms in total. The van der Waals surface area contributed by atoms with Gasteiger partial charge < -0.3 is 5.73 Å². The van der Waals surface area contributed by atoms with Crippen molar-refractivity contribution < 1.29 is 4.79 Å². The molecule has 0 saturated carbocycles. The Kier molecular flexibility index (Phi) is 3.74. The summed E-state index contributed by atoms with van der Waals surface area (Å²) < 4.78 is 1.24. The van der Waals surface area contributed by atoms with Crippen molar-refractivity contribution in [2.75, 3.05) is 0 Å². The van der Waals surface area contributed by atoms with Crippen LogP contribution in [0.3, 0.4) is 0 Å². The zero-order chi connectivity index (χ0) is 13.0. The van der Waals surface area contributed by atoms with E-state index in [-0.39, 0.29) is 18.0 Å². The predicted molar refractivity (Wildman–Crippen MR) is 68.3 cm³/mol. The Morgan fingerprint density at radius 3 is 2.67 bits per heavy atom. The number of nitrogens with two attached hydrogens (primary N) is 1. The molecular formula is C13H15N3O2. The van der Waals surface area contributed by atoms with Crippen LogP contribution in [0.5, 0.6) is 0 Å². The van der Waals surface area contributed by atoms with Gasteiger partial charge in [0.05, 0.1) is 5.69 Å². The number of carbonyl (C=O) groups excluding carboxylic acids is 1. The third kappa shape index (κ3) is 2.75. The largest absolute Gasteiger partial charge is 0.325 e. The van der Waals surface area contributed by atoms with Crippen LogP contribution in [0.4, 0.5) is 0 Å². The Balaban J connectivity index is 2.06. The van der Waals surface area contributed by atoms with Crippen molar-refractivity contribution in [1.29, 1.82) is 0 Å². The van der Waals surface area contributed by atoms with E-state index >= 15 is 0 Å². The highest BCUT2D eigenvalue weighted by Gasteiger charge is 2.10. The van der Waals surface area contributed by atoms with Crippen LogP contribution in [0.15, 0.2) is 41.2 Å². The van der Waals surface area contributed by atoms with Crippen LogP contribution in [0.2, 0.25) is 0 Å². The zero-order valence-electron chi connectivity index (χ0n) is 9.93. The lowest BCUT2D eigenvalue weighted by atomic mass is 10.1. The third-order valence-electron chi connectivity index (χ3n) is 2.74. The van der Waals surface area contributed by atoms with E-state index < -0.39 is 0 Å². The lowest BCUT2D eigenvalue weighted by molar-refractivity contribution is 0.0883. The number of carbonyl (C=O) groups is 1. The van der Waals surface area contributed by atoms with Crippen molar-refractivity contribution in [3.8, 4) is 0 Å². The highest BCUT2D eigenvalue weighted by molar-refractivity contribution is 5.78. The normalized spacial score (nSPS) is 10.5. The van der Waals surface area contributed by atoms with Gasteiger partial charge in [-0.25, -0.2) is 4.68 Å². The van der Waals surface area contributed by atoms with E-state index in [1.54, 1.807) is 0 Å². The Morgan fingerprint density at radius 1 is 1.28 bits per heavy atom. The number of nitrogens with zero attached hydrogens (tertiary/aromatic N) is 1. The lowest BCUT2D eigenvalue weighted by Gasteiger charge is -2.05. The van der Waals surface area contributed by atoms with Gasteiger partial charge in [0.15, 0.2) is 0 Å². The molecule has 0 saturated heterocycles. The first kappa shape index (κ1) is 12.3. The van der Waals surface area contributed by atoms with Crippen LogP contribution < -0.4 is 11.3 Å². The second-order valence-corrected chi connectivity index (χ2v) is 4.03. The van der Waals surface area contributed by atoms with Crippen molar-refractivity contribution in [3.63, 3.8) is 0 Å². The van der Waals surface area contributed by atoms with Gasteiger partial charge in [-0.15, -0.1) is 0 Å². The van der Waals surface area contributed by atoms with Crippen LogP contribution in [-0.4, -0.2) is 15.7 Å². The molecule has 1 heterocycles. The van der Waals surface area contributed by atoms with Crippen LogP contribution in [-0.2, 0) is 13.0 Å². The van der Waals surface area contributed by atoms with E-state index in [1.807, 2.05) is 30.3 Å². The summed E-state index contributed by atoms with van der Waals surface area (Å²) in [6.45, 7) is 0.163. The van der Waals surface area contributed by atoms with Crippen molar-refractivity contribution in [3.05, 3.63) is 58.0 Å². The number of rotatable bonds is 4. The van der Waals surface area contributed by atoms with Gasteiger partial charge in [-0.3, -0.25) is 14.7 Å². The minimum Gasteiger partial charge on any atom is -0.325 e. The number of benzene rings is 1. The van der Waals surface area contributed by atoms with Crippen LogP contribution >= 0.6 is 0 Å². The van der Waals surface area contributed by atoms with E-state index in [2.05, 4.69) is 5.10 Å². The number of nitrogens with one attached hydrogen (secondary N) is 1. The van der Waals surface area contributed by atoms with Gasteiger partial charge in [0.1, 0.15) is 0 Å². The number of H-pyrrole nitrogens is 1. The van der Waals surface area contributed by atoms with Crippen LogP contribution in [0, 0.1) is 0 Å². The summed E-state index contributed by atoms with van der Waals surface area (Å²) in [6.07, 6.45) is 0.978. The molecular weight excluding hydrogens is 230 g/mol. The summed E-state index contributed by atoms with van der Waals surface area (Å²) in [5.41, 5.74) is 6.78. The predicted octanol–water partition coefficient (Wildman–Crippen LogP) is 0.908. The Morgan fingerprint density at radius 2 is 2.00 bits per heavy atom. The highest BCUT2D eigenvalue weighted by Crippen LogP contribution is 2.04. The fourth-order valence-electron chi connectivity index (χ4n) is 1.81. The van der Waals surface area contributed by atoms with Crippen molar-refractivity contribution in [2.24, 2.45) is 5.73 Å². The molecule has 0 unspecified atom stereocenters. The fraction of sp³-hybridized carbons (Fsp3) is 0.231. The molecule has 1 aromatic heterocycles. The SMILES string of the molecule is NCc1cc(=O)[nH]n1C(=O)CCc1ccccc1. The molecule has 2 rings (SSSR count). The first-order chi connectivity index (χ1) is 8.70. The average molecular weight is 245 g/mol. The van der Waals surface area contributed by atoms with Gasteiger partial charge in [-0.05, 0) is 12.0 Å². The number of aryl methyl sites for hydroxylation is 1. The molecule has 94 valence electrons. The van der Waals surface area contributed by atoms with Crippen molar-refractivity contribution in [2.45, 2.75) is 19.4 Å². The monoisotopic (exact) mass is 245 g/mol. The first-order valence-electron chi connectivity index (χ1n) is 5.79. The van der Waals surface area contributed by atoms with Gasteiger partial charge in [-0.2, -0.15) is 0 Å². The lowest BCUT2D eigenvalue weighted by Crippen LogP contribution is -2.19. The smallest absolute Gasteiger partial charge is 0.264 e. The Labute approximate surface area is 104 Å². The molecule has 3 N–H and O–H groups in total. The molecule has 0 aliphatic heterocycles. The second kappa shape index (κ2) is 5.46. The molecule has 5 heteroatoms. The van der Waals surface area contributed by atoms with E-state index in [1.165, 1.54) is 10.7 Å². The first-order valence-corrected chi connectivity index (χ1v) is 5.79. The molecule has 0 bridgehead atoms. The molecule has 0 atom stereocenters. The molecule has 1 aromatic carbocycles. The van der Waals surface area contributed by atoms with Gasteiger partial charge in [-0.1, -0.05) is 30.3 Å². The molecule has 18 heavy (non-hydrogen) atoms. The van der Waals surface area contributed by atoms with Crippen molar-refractivity contribution >= 4 is 5.91 Å². The second-order valence-electron chi connectivity index (χ2n) is 4.03. The number of aromatic amines is 1. The summed E-state index contributed by atoms with van der Waals surface area (Å²) in [7, 11) is 0. The number of aromatic nitrogens is 2. The average Bonchev–Trinajstić information content (AvgIpc) is 2.78. The highest BCUT2D eigenvalue weighted by atomic mass is 16.2. The fourth-order valence-corrected chi connectivity index (χ4v) is 1.81. The Bertz CT molecular complexity index is 584. The summed E-state index contributed by atoms with van der Waals surface area (Å²) in [5.74, 6) is -0.151. The van der Waals surface area contributed by atoms with Crippen LogP contribution in [0.25, 0.3) is 0 Å². The topological polar surface area (TPSA) is 80.9 Å². The van der Waals surface area contributed by atoms with E-state index in [4.69, 9.17) is 5.73 Å². The van der Waals surface area contributed by atoms with Crippen molar-refractivity contribution in [1.82, 2.24) is 9.78 Å². The summed E-state index contributed by atoms with van der Waals surface area (Å²) in [6, 6.07) is 11.1. The maximum Gasteiger partial charge on any atom is 0.264 e. The minimum atomic E-state index is -0.302. The zero-order valence-corrected chi connectivity index (χ0v) is 9.93. The Hall–Kier alpha value is -2.14. The van der Waals surface area contributed by atoms with Gasteiger partial charge >= 0.3 is 0 Å². The summed E-state index contributed by atoms with van der Waals surface area (Å²) in [5, 5.41) is 2.46. The summed E-state index contributed by atoms with van der Waals surface area (Å²) in [4.78, 5) is 23.1. The molecule has 0 spiro atoms. The third-order valence-corrected chi connectivity index (χ3v) is 2.74. The summed E-state index contributed by atoms with van der Waals surface area (Å²) >= 11 is 0. The van der Waals surface area contributed by atoms with E-state index in [9.17, 15) is 9.59 Å². The molecule has 2 aromatic rings. The molecule has 0 radical (unpaired) electrons. The maximum atomic E-state index is 11.9. The van der Waals surface area contributed by atoms with Crippen LogP contribution in [0.1, 0.15) is 22.5 Å². The maximum absolute atomic E-state index is 11.9. The van der Waals surface area contributed by atoms with Gasteiger partial charge in [0, 0.05) is 19.0 Å². The quantitative estimate of drug-likeness (QED) is 0.840.